The maximum Gasteiger partial charge on any atom is 0.132 e. The molecule has 0 N–H and O–H groups in total. The van der Waals surface area contributed by atoms with Gasteiger partial charge in [0, 0.05) is 16.8 Å². The normalized spacial score (nSPS) is 10.4. The molecule has 0 bridgehead atoms. The first kappa shape index (κ1) is 17.7. The molecule has 0 aliphatic heterocycles. The first-order valence-corrected chi connectivity index (χ1v) is 8.25. The Hall–Kier alpha value is -3.15. The molecule has 2 aromatic carbocycles. The van der Waals surface area contributed by atoms with E-state index in [0.29, 0.717) is 28.9 Å². The molecule has 0 fully saturated rings. The lowest BCUT2D eigenvalue weighted by Gasteiger charge is -2.08. The zero-order valence-electron chi connectivity index (χ0n) is 14.2. The molecule has 1 aromatic heterocycles. The summed E-state index contributed by atoms with van der Waals surface area (Å²) in [5, 5.41) is 22.6. The number of halogens is 2. The average molecular weight is 365 g/mol. The van der Waals surface area contributed by atoms with E-state index in [1.54, 1.807) is 16.8 Å². The van der Waals surface area contributed by atoms with Crippen molar-refractivity contribution in [2.75, 3.05) is 0 Å². The highest BCUT2D eigenvalue weighted by Gasteiger charge is 2.19. The van der Waals surface area contributed by atoms with E-state index >= 15 is 0 Å². The van der Waals surface area contributed by atoms with Crippen LogP contribution in [0.1, 0.15) is 28.1 Å². The zero-order valence-corrected chi connectivity index (χ0v) is 15.0. The lowest BCUT2D eigenvalue weighted by atomic mass is 10.0. The molecule has 0 unspecified atom stereocenters. The van der Waals surface area contributed by atoms with Gasteiger partial charge in [-0.1, -0.05) is 23.7 Å². The van der Waals surface area contributed by atoms with Crippen molar-refractivity contribution in [3.63, 3.8) is 0 Å². The SMILES string of the molecule is Cc1nn(Cc2ccc(C#N)cc2)c(C)c1-c1cc(Cl)c(C#N)cc1F. The molecule has 3 rings (SSSR count). The van der Waals surface area contributed by atoms with Crippen molar-refractivity contribution in [1.82, 2.24) is 9.78 Å². The Kier molecular flexibility index (Phi) is 4.75. The van der Waals surface area contributed by atoms with Crippen LogP contribution in [-0.2, 0) is 6.54 Å². The molecule has 0 spiro atoms. The summed E-state index contributed by atoms with van der Waals surface area (Å²) in [4.78, 5) is 0. The second-order valence-electron chi connectivity index (χ2n) is 5.94. The van der Waals surface area contributed by atoms with Crippen molar-refractivity contribution < 1.29 is 4.39 Å². The van der Waals surface area contributed by atoms with Crippen molar-refractivity contribution in [2.24, 2.45) is 0 Å². The Morgan fingerprint density at radius 3 is 2.42 bits per heavy atom. The number of aryl methyl sites for hydroxylation is 1. The first-order chi connectivity index (χ1) is 12.4. The molecule has 0 saturated heterocycles. The minimum absolute atomic E-state index is 0.105. The van der Waals surface area contributed by atoms with Crippen LogP contribution >= 0.6 is 11.6 Å². The Balaban J connectivity index is 2.02. The van der Waals surface area contributed by atoms with Gasteiger partial charge in [-0.2, -0.15) is 15.6 Å². The molecule has 0 atom stereocenters. The number of benzene rings is 2. The highest BCUT2D eigenvalue weighted by molar-refractivity contribution is 6.32. The number of hydrogen-bond donors (Lipinski definition) is 0. The third-order valence-electron chi connectivity index (χ3n) is 4.24. The number of aromatic nitrogens is 2. The summed E-state index contributed by atoms with van der Waals surface area (Å²) >= 11 is 6.08. The smallest absolute Gasteiger partial charge is 0.132 e. The molecular formula is C20H14ClFN4. The topological polar surface area (TPSA) is 65.4 Å². The summed E-state index contributed by atoms with van der Waals surface area (Å²) in [7, 11) is 0. The van der Waals surface area contributed by atoms with Gasteiger partial charge < -0.3 is 0 Å². The van der Waals surface area contributed by atoms with Gasteiger partial charge in [0.2, 0.25) is 0 Å². The third kappa shape index (κ3) is 3.18. The Bertz CT molecular complexity index is 1070. The molecule has 3 aromatic rings. The predicted octanol–water partition coefficient (Wildman–Crippen LogP) is 4.75. The van der Waals surface area contributed by atoms with Crippen LogP contribution in [0.3, 0.4) is 0 Å². The summed E-state index contributed by atoms with van der Waals surface area (Å²) in [5.41, 5.74) is 4.16. The third-order valence-corrected chi connectivity index (χ3v) is 4.56. The quantitative estimate of drug-likeness (QED) is 0.673. The van der Waals surface area contributed by atoms with Crippen LogP contribution in [0.5, 0.6) is 0 Å². The molecule has 1 heterocycles. The van der Waals surface area contributed by atoms with Crippen LogP contribution in [0.15, 0.2) is 36.4 Å². The Morgan fingerprint density at radius 1 is 1.12 bits per heavy atom. The van der Waals surface area contributed by atoms with Gasteiger partial charge in [0.15, 0.2) is 0 Å². The fraction of sp³-hybridized carbons (Fsp3) is 0.150. The van der Waals surface area contributed by atoms with Crippen molar-refractivity contribution in [3.8, 4) is 23.3 Å². The molecule has 0 radical (unpaired) electrons. The molecule has 0 amide bonds. The summed E-state index contributed by atoms with van der Waals surface area (Å²) in [6.07, 6.45) is 0. The number of rotatable bonds is 3. The molecule has 0 aliphatic rings. The summed E-state index contributed by atoms with van der Waals surface area (Å²) in [6.45, 7) is 4.18. The van der Waals surface area contributed by atoms with Crippen molar-refractivity contribution in [2.45, 2.75) is 20.4 Å². The maximum absolute atomic E-state index is 14.5. The van der Waals surface area contributed by atoms with Gasteiger partial charge in [-0.3, -0.25) is 4.68 Å². The fourth-order valence-corrected chi connectivity index (χ4v) is 3.13. The van der Waals surface area contributed by atoms with E-state index in [-0.39, 0.29) is 10.6 Å². The molecular weight excluding hydrogens is 351 g/mol. The molecule has 26 heavy (non-hydrogen) atoms. The van der Waals surface area contributed by atoms with Gasteiger partial charge in [0.25, 0.3) is 0 Å². The average Bonchev–Trinajstić information content (AvgIpc) is 2.91. The number of hydrogen-bond acceptors (Lipinski definition) is 3. The Labute approximate surface area is 155 Å². The second kappa shape index (κ2) is 7.00. The van der Waals surface area contributed by atoms with Crippen molar-refractivity contribution >= 4 is 11.6 Å². The minimum atomic E-state index is -0.505. The van der Waals surface area contributed by atoms with Gasteiger partial charge in [-0.25, -0.2) is 4.39 Å². The predicted molar refractivity (Wildman–Crippen MR) is 97.1 cm³/mol. The zero-order chi connectivity index (χ0) is 18.8. The molecule has 0 aliphatic carbocycles. The lowest BCUT2D eigenvalue weighted by molar-refractivity contribution is 0.630. The van der Waals surface area contributed by atoms with E-state index in [9.17, 15) is 4.39 Å². The van der Waals surface area contributed by atoms with Crippen LogP contribution in [0.2, 0.25) is 5.02 Å². The van der Waals surface area contributed by atoms with Crippen molar-refractivity contribution in [1.29, 1.82) is 10.5 Å². The van der Waals surface area contributed by atoms with Crippen LogP contribution in [-0.4, -0.2) is 9.78 Å². The van der Waals surface area contributed by atoms with Crippen LogP contribution in [0.25, 0.3) is 11.1 Å². The molecule has 6 heteroatoms. The standard InChI is InChI=1S/C20H14ClFN4/c1-12-20(17-8-18(21)16(10-24)7-19(17)22)13(2)26(25-12)11-15-5-3-14(9-23)4-6-15/h3-8H,11H2,1-2H3. The highest BCUT2D eigenvalue weighted by atomic mass is 35.5. The first-order valence-electron chi connectivity index (χ1n) is 7.87. The van der Waals surface area contributed by atoms with Crippen LogP contribution < -0.4 is 0 Å². The van der Waals surface area contributed by atoms with Gasteiger partial charge in [-0.05, 0) is 43.7 Å². The Morgan fingerprint density at radius 2 is 1.81 bits per heavy atom. The monoisotopic (exact) mass is 364 g/mol. The van der Waals surface area contributed by atoms with E-state index in [1.807, 2.05) is 32.0 Å². The van der Waals surface area contributed by atoms with E-state index in [1.165, 1.54) is 6.07 Å². The number of nitriles is 2. The van der Waals surface area contributed by atoms with Gasteiger partial charge in [0.05, 0.1) is 34.5 Å². The fourth-order valence-electron chi connectivity index (χ4n) is 2.92. The van der Waals surface area contributed by atoms with Crippen LogP contribution in [0.4, 0.5) is 4.39 Å². The second-order valence-corrected chi connectivity index (χ2v) is 6.34. The van der Waals surface area contributed by atoms with Gasteiger partial charge >= 0.3 is 0 Å². The van der Waals surface area contributed by atoms with E-state index in [2.05, 4.69) is 11.2 Å². The largest absolute Gasteiger partial charge is 0.265 e. The van der Waals surface area contributed by atoms with E-state index < -0.39 is 5.82 Å². The summed E-state index contributed by atoms with van der Waals surface area (Å²) in [6, 6.07) is 13.8. The highest BCUT2D eigenvalue weighted by Crippen LogP contribution is 2.33. The van der Waals surface area contributed by atoms with Gasteiger partial charge in [-0.15, -0.1) is 0 Å². The maximum atomic E-state index is 14.5. The van der Waals surface area contributed by atoms with E-state index in [0.717, 1.165) is 17.3 Å². The molecule has 4 nitrogen and oxygen atoms in total. The minimum Gasteiger partial charge on any atom is -0.265 e. The number of nitrogens with zero attached hydrogens (tertiary/aromatic N) is 4. The summed E-state index contributed by atoms with van der Waals surface area (Å²) < 4.78 is 16.3. The summed E-state index contributed by atoms with van der Waals surface area (Å²) in [5.74, 6) is -0.505. The van der Waals surface area contributed by atoms with E-state index in [4.69, 9.17) is 22.1 Å². The lowest BCUT2D eigenvalue weighted by Crippen LogP contribution is -2.04. The molecule has 0 saturated carbocycles. The van der Waals surface area contributed by atoms with Gasteiger partial charge in [0.1, 0.15) is 11.9 Å². The van der Waals surface area contributed by atoms with Crippen molar-refractivity contribution in [3.05, 3.63) is 75.3 Å². The molecule has 128 valence electrons. The van der Waals surface area contributed by atoms with Crippen LogP contribution in [0, 0.1) is 42.3 Å².